The van der Waals surface area contributed by atoms with E-state index in [9.17, 15) is 13.2 Å². The summed E-state index contributed by atoms with van der Waals surface area (Å²) in [7, 11) is -2.22. The average molecular weight is 324 g/mol. The molecular weight excluding hydrogens is 300 g/mol. The van der Waals surface area contributed by atoms with Crippen LogP contribution in [-0.2, 0) is 21.2 Å². The molecule has 5 nitrogen and oxygen atoms in total. The van der Waals surface area contributed by atoms with Gasteiger partial charge in [-0.2, -0.15) is 0 Å². The third kappa shape index (κ3) is 4.08. The van der Waals surface area contributed by atoms with E-state index in [4.69, 9.17) is 0 Å². The first kappa shape index (κ1) is 17.0. The number of benzene rings is 1. The summed E-state index contributed by atoms with van der Waals surface area (Å²) in [5.74, 6) is -0.561. The summed E-state index contributed by atoms with van der Waals surface area (Å²) in [5.41, 5.74) is 3.62. The number of hydrogen-bond acceptors (Lipinski definition) is 3. The highest BCUT2D eigenvalue weighted by Crippen LogP contribution is 2.32. The monoisotopic (exact) mass is 324 g/mol. The van der Waals surface area contributed by atoms with Gasteiger partial charge in [0.1, 0.15) is 5.75 Å². The van der Waals surface area contributed by atoms with Gasteiger partial charge in [0, 0.05) is 0 Å². The zero-order valence-electron chi connectivity index (χ0n) is 13.3. The van der Waals surface area contributed by atoms with Crippen molar-refractivity contribution in [3.05, 3.63) is 34.9 Å². The molecule has 1 aromatic carbocycles. The van der Waals surface area contributed by atoms with Crippen LogP contribution in [0, 0.1) is 0 Å². The molecule has 22 heavy (non-hydrogen) atoms. The molecule has 2 N–H and O–H groups in total. The maximum absolute atomic E-state index is 12.0. The molecule has 0 bridgehead atoms. The van der Waals surface area contributed by atoms with E-state index in [1.54, 1.807) is 0 Å². The smallest absolute Gasteiger partial charge is 0.237 e. The molecule has 0 aromatic heterocycles. The van der Waals surface area contributed by atoms with Gasteiger partial charge in [-0.05, 0) is 48.9 Å². The maximum Gasteiger partial charge on any atom is 0.237 e. The quantitative estimate of drug-likeness (QED) is 0.868. The number of amides is 1. The van der Waals surface area contributed by atoms with Crippen LogP contribution < -0.4 is 10.0 Å². The lowest BCUT2D eigenvalue weighted by Gasteiger charge is -2.27. The van der Waals surface area contributed by atoms with E-state index >= 15 is 0 Å². The molecule has 0 unspecified atom stereocenters. The molecule has 1 aromatic rings. The highest BCUT2D eigenvalue weighted by atomic mass is 32.2. The SMILES string of the molecule is CNS(=O)(=O)CC(=O)N[C@@H]1CCCc2ccc(C(C)C)cc21. The van der Waals surface area contributed by atoms with Crippen LogP contribution in [0.4, 0.5) is 0 Å². The molecule has 1 aliphatic rings. The molecule has 0 heterocycles. The Kier molecular flexibility index (Phi) is 5.24. The lowest BCUT2D eigenvalue weighted by atomic mass is 9.85. The second kappa shape index (κ2) is 6.79. The van der Waals surface area contributed by atoms with Crippen molar-refractivity contribution in [2.45, 2.75) is 45.1 Å². The van der Waals surface area contributed by atoms with Crippen LogP contribution in [0.3, 0.4) is 0 Å². The first-order valence-electron chi connectivity index (χ1n) is 7.65. The summed E-state index contributed by atoms with van der Waals surface area (Å²) in [4.78, 5) is 12.0. The fourth-order valence-corrected chi connectivity index (χ4v) is 3.38. The molecule has 2 rings (SSSR count). The van der Waals surface area contributed by atoms with Crippen LogP contribution in [0.2, 0.25) is 0 Å². The molecule has 6 heteroatoms. The van der Waals surface area contributed by atoms with Gasteiger partial charge in [-0.25, -0.2) is 13.1 Å². The molecule has 0 saturated carbocycles. The van der Waals surface area contributed by atoms with Crippen LogP contribution in [0.1, 0.15) is 55.3 Å². The van der Waals surface area contributed by atoms with Crippen LogP contribution >= 0.6 is 0 Å². The van der Waals surface area contributed by atoms with Crippen molar-refractivity contribution < 1.29 is 13.2 Å². The van der Waals surface area contributed by atoms with Crippen LogP contribution in [0.15, 0.2) is 18.2 Å². The number of carbonyl (C=O) groups excluding carboxylic acids is 1. The zero-order chi connectivity index (χ0) is 16.3. The van der Waals surface area contributed by atoms with E-state index in [2.05, 4.69) is 42.1 Å². The van der Waals surface area contributed by atoms with Crippen LogP contribution in [0.5, 0.6) is 0 Å². The Balaban J connectivity index is 2.18. The maximum atomic E-state index is 12.0. The zero-order valence-corrected chi connectivity index (χ0v) is 14.2. The van der Waals surface area contributed by atoms with Crippen LogP contribution in [-0.4, -0.2) is 27.1 Å². The third-order valence-corrected chi connectivity index (χ3v) is 5.38. The van der Waals surface area contributed by atoms with E-state index < -0.39 is 21.7 Å². The number of rotatable bonds is 5. The molecule has 0 radical (unpaired) electrons. The Hall–Kier alpha value is -1.40. The Labute approximate surface area is 132 Å². The second-order valence-corrected chi connectivity index (χ2v) is 8.01. The highest BCUT2D eigenvalue weighted by Gasteiger charge is 2.24. The topological polar surface area (TPSA) is 75.3 Å². The minimum atomic E-state index is -3.53. The first-order chi connectivity index (χ1) is 10.3. The fraction of sp³-hybridized carbons (Fsp3) is 0.562. The molecule has 1 amide bonds. The van der Waals surface area contributed by atoms with Gasteiger partial charge in [0.25, 0.3) is 0 Å². The highest BCUT2D eigenvalue weighted by molar-refractivity contribution is 7.90. The number of carbonyl (C=O) groups is 1. The van der Waals surface area contributed by atoms with Crippen molar-refractivity contribution >= 4 is 15.9 Å². The van der Waals surface area contributed by atoms with Crippen molar-refractivity contribution in [3.63, 3.8) is 0 Å². The Morgan fingerprint density at radius 3 is 2.73 bits per heavy atom. The molecule has 0 fully saturated rings. The van der Waals surface area contributed by atoms with E-state index in [-0.39, 0.29) is 6.04 Å². The Morgan fingerprint density at radius 1 is 1.36 bits per heavy atom. The van der Waals surface area contributed by atoms with Crippen molar-refractivity contribution in [2.75, 3.05) is 12.8 Å². The molecule has 0 saturated heterocycles. The fourth-order valence-electron chi connectivity index (χ4n) is 2.81. The largest absolute Gasteiger partial charge is 0.348 e. The van der Waals surface area contributed by atoms with E-state index in [1.165, 1.54) is 18.2 Å². The molecule has 0 spiro atoms. The number of fused-ring (bicyclic) bond motifs is 1. The predicted molar refractivity (Wildman–Crippen MR) is 87.2 cm³/mol. The van der Waals surface area contributed by atoms with Gasteiger partial charge in [0.15, 0.2) is 0 Å². The van der Waals surface area contributed by atoms with E-state index in [0.29, 0.717) is 5.92 Å². The van der Waals surface area contributed by atoms with Gasteiger partial charge < -0.3 is 5.32 Å². The predicted octanol–water partition coefficient (Wildman–Crippen LogP) is 1.85. The molecule has 122 valence electrons. The number of hydrogen-bond donors (Lipinski definition) is 2. The molecule has 1 atom stereocenters. The molecular formula is C16H24N2O3S. The van der Waals surface area contributed by atoms with Crippen LogP contribution in [0.25, 0.3) is 0 Å². The Morgan fingerprint density at radius 2 is 2.09 bits per heavy atom. The first-order valence-corrected chi connectivity index (χ1v) is 9.31. The van der Waals surface area contributed by atoms with E-state index in [0.717, 1.165) is 24.8 Å². The standard InChI is InChI=1S/C16H24N2O3S/c1-11(2)13-8-7-12-5-4-6-15(14(12)9-13)18-16(19)10-22(20,21)17-3/h7-9,11,15,17H,4-6,10H2,1-3H3,(H,18,19)/t15-/m1/s1. The second-order valence-electron chi connectivity index (χ2n) is 6.09. The van der Waals surface area contributed by atoms with Crippen molar-refractivity contribution in [2.24, 2.45) is 0 Å². The van der Waals surface area contributed by atoms with Gasteiger partial charge >= 0.3 is 0 Å². The van der Waals surface area contributed by atoms with Gasteiger partial charge in [-0.1, -0.05) is 32.0 Å². The Bertz CT molecular complexity index is 653. The summed E-state index contributed by atoms with van der Waals surface area (Å²) < 4.78 is 25.1. The van der Waals surface area contributed by atoms with Gasteiger partial charge in [0.05, 0.1) is 6.04 Å². The number of aryl methyl sites for hydroxylation is 1. The molecule has 0 aliphatic heterocycles. The molecule has 1 aliphatic carbocycles. The van der Waals surface area contributed by atoms with Gasteiger partial charge in [-0.15, -0.1) is 0 Å². The minimum absolute atomic E-state index is 0.0954. The van der Waals surface area contributed by atoms with Crippen molar-refractivity contribution in [1.82, 2.24) is 10.0 Å². The normalized spacial score (nSPS) is 18.1. The van der Waals surface area contributed by atoms with E-state index in [1.807, 2.05) is 0 Å². The summed E-state index contributed by atoms with van der Waals surface area (Å²) in [5, 5.41) is 2.87. The van der Waals surface area contributed by atoms with Gasteiger partial charge in [-0.3, -0.25) is 4.79 Å². The summed E-state index contributed by atoms with van der Waals surface area (Å²) in [6, 6.07) is 6.32. The summed E-state index contributed by atoms with van der Waals surface area (Å²) >= 11 is 0. The van der Waals surface area contributed by atoms with Gasteiger partial charge in [0.2, 0.25) is 15.9 Å². The average Bonchev–Trinajstić information content (AvgIpc) is 2.46. The summed E-state index contributed by atoms with van der Waals surface area (Å²) in [6.45, 7) is 4.27. The number of nitrogens with one attached hydrogen (secondary N) is 2. The summed E-state index contributed by atoms with van der Waals surface area (Å²) in [6.07, 6.45) is 2.85. The third-order valence-electron chi connectivity index (χ3n) is 4.12. The lowest BCUT2D eigenvalue weighted by molar-refractivity contribution is -0.119. The van der Waals surface area contributed by atoms with Crippen molar-refractivity contribution in [3.8, 4) is 0 Å². The lowest BCUT2D eigenvalue weighted by Crippen LogP contribution is -2.38. The van der Waals surface area contributed by atoms with Crippen molar-refractivity contribution in [1.29, 1.82) is 0 Å². The minimum Gasteiger partial charge on any atom is -0.348 e. The number of sulfonamides is 1.